The van der Waals surface area contributed by atoms with Gasteiger partial charge >= 0.3 is 0 Å². The Kier molecular flexibility index (Phi) is 71.6. The maximum atomic E-state index is 13.4. The summed E-state index contributed by atoms with van der Waals surface area (Å²) in [7, 11) is 0. The molecule has 0 aromatic heterocycles. The zero-order valence-electron chi connectivity index (χ0n) is 80.0. The second-order valence-corrected chi connectivity index (χ2v) is 41.9. The highest BCUT2D eigenvalue weighted by molar-refractivity contribution is 5.77. The van der Waals surface area contributed by atoms with E-state index in [1.165, 1.54) is 437 Å². The van der Waals surface area contributed by atoms with E-state index in [1.54, 1.807) is 6.92 Å². The molecular weight excluding hydrogens is 1410 g/mol. The largest absolute Gasteiger partial charge is 0.356 e. The molecule has 2 saturated carbocycles. The third-order valence-electron chi connectivity index (χ3n) is 27.8. The van der Waals surface area contributed by atoms with Crippen LogP contribution in [0.2, 0.25) is 0 Å². The van der Waals surface area contributed by atoms with Crippen molar-refractivity contribution >= 4 is 23.6 Å². The van der Waals surface area contributed by atoms with Gasteiger partial charge in [0.15, 0.2) is 0 Å². The quantitative estimate of drug-likeness (QED) is 0.0454. The van der Waals surface area contributed by atoms with Crippen LogP contribution in [0.4, 0.5) is 0 Å². The molecule has 4 amide bonds. The zero-order valence-corrected chi connectivity index (χ0v) is 80.0. The van der Waals surface area contributed by atoms with Crippen molar-refractivity contribution in [3.05, 3.63) is 0 Å². The molecule has 4 N–H and O–H groups in total. The summed E-state index contributed by atoms with van der Waals surface area (Å²) in [5.41, 5.74) is 0.283. The Labute approximate surface area is 720 Å². The lowest BCUT2D eigenvalue weighted by Gasteiger charge is -2.47. The molecule has 0 aliphatic heterocycles. The van der Waals surface area contributed by atoms with E-state index in [1.807, 2.05) is 0 Å². The summed E-state index contributed by atoms with van der Waals surface area (Å²) >= 11 is 0. The molecule has 2 aliphatic carbocycles. The highest BCUT2D eigenvalue weighted by Gasteiger charge is 2.43. The van der Waals surface area contributed by atoms with E-state index in [9.17, 15) is 19.2 Å². The summed E-state index contributed by atoms with van der Waals surface area (Å²) in [6.45, 7) is 23.9. The second-order valence-electron chi connectivity index (χ2n) is 41.9. The first-order valence-corrected chi connectivity index (χ1v) is 52.9. The Morgan fingerprint density at radius 3 is 0.643 bits per heavy atom. The minimum absolute atomic E-state index is 0.00694. The van der Waals surface area contributed by atoms with Crippen molar-refractivity contribution in [2.24, 2.45) is 33.5 Å². The Balaban J connectivity index is 1.42. The van der Waals surface area contributed by atoms with Gasteiger partial charge in [0.1, 0.15) is 0 Å². The van der Waals surface area contributed by atoms with Gasteiger partial charge in [0.05, 0.1) is 0 Å². The van der Waals surface area contributed by atoms with E-state index < -0.39 is 0 Å². The maximum absolute atomic E-state index is 13.4. The van der Waals surface area contributed by atoms with Crippen LogP contribution in [-0.4, -0.2) is 48.8 Å². The molecule has 0 bridgehead atoms. The molecule has 115 heavy (non-hydrogen) atoms. The SMILES string of the molecule is CCCCCCCCCCCCCCCCCCCCCCCCCCCCCCCCCCCCCCCCCCCCCCCCC(=O)NCC1(C)CC(NC(=O)CCCCCCCCCCC(CCCCCC)C(CCCCCC)CCCCCCCCCCC(=O)NC2CC(C)(C)CC(C)(CNC(C)=O)C2)CC(C)(C)C1. The average Bonchev–Trinajstić information content (AvgIpc) is 0.825. The number of hydrogen-bond acceptors (Lipinski definition) is 4. The van der Waals surface area contributed by atoms with Gasteiger partial charge < -0.3 is 21.3 Å². The van der Waals surface area contributed by atoms with E-state index in [2.05, 4.69) is 83.6 Å². The summed E-state index contributed by atoms with van der Waals surface area (Å²) in [4.78, 5) is 51.2. The predicted octanol–water partition coefficient (Wildman–Crippen LogP) is 34.0. The van der Waals surface area contributed by atoms with Gasteiger partial charge in [-0.2, -0.15) is 0 Å². The number of nitrogens with one attached hydrogen (secondary N) is 4. The van der Waals surface area contributed by atoms with Crippen molar-refractivity contribution < 1.29 is 19.2 Å². The van der Waals surface area contributed by atoms with Gasteiger partial charge in [-0.05, 0) is 91.3 Å². The summed E-state index contributed by atoms with van der Waals surface area (Å²) in [6, 6.07) is 0.363. The highest BCUT2D eigenvalue weighted by atomic mass is 16.2. The van der Waals surface area contributed by atoms with E-state index >= 15 is 0 Å². The lowest BCUT2D eigenvalue weighted by atomic mass is 9.62. The number of unbranched alkanes of at least 4 members (excludes halogenated alkanes) is 65. The first-order chi connectivity index (χ1) is 55.8. The lowest BCUT2D eigenvalue weighted by Crippen LogP contribution is -2.50. The molecule has 680 valence electrons. The van der Waals surface area contributed by atoms with Crippen LogP contribution < -0.4 is 21.3 Å². The third-order valence-corrected chi connectivity index (χ3v) is 27.8. The first-order valence-electron chi connectivity index (χ1n) is 52.9. The van der Waals surface area contributed by atoms with Crippen LogP contribution in [0.15, 0.2) is 0 Å². The van der Waals surface area contributed by atoms with Crippen LogP contribution in [0.25, 0.3) is 0 Å². The number of rotatable bonds is 86. The van der Waals surface area contributed by atoms with Gasteiger partial charge in [-0.3, -0.25) is 19.2 Å². The zero-order chi connectivity index (χ0) is 83.6. The summed E-state index contributed by atoms with van der Waals surface area (Å²) in [5, 5.41) is 13.3. The molecule has 0 heterocycles. The van der Waals surface area contributed by atoms with Gasteiger partial charge in [0.2, 0.25) is 23.6 Å². The Bertz CT molecular complexity index is 2180. The maximum Gasteiger partial charge on any atom is 0.220 e. The predicted molar refractivity (Wildman–Crippen MR) is 507 cm³/mol. The van der Waals surface area contributed by atoms with Gasteiger partial charge in [0.25, 0.3) is 0 Å². The van der Waals surface area contributed by atoms with Crippen molar-refractivity contribution in [1.29, 1.82) is 0 Å². The Hall–Kier alpha value is -2.12. The molecule has 8 nitrogen and oxygen atoms in total. The lowest BCUT2D eigenvalue weighted by molar-refractivity contribution is -0.124. The molecule has 6 unspecified atom stereocenters. The summed E-state index contributed by atoms with van der Waals surface area (Å²) < 4.78 is 0. The van der Waals surface area contributed by atoms with Crippen molar-refractivity contribution in [3.63, 3.8) is 0 Å². The first kappa shape index (κ1) is 109. The van der Waals surface area contributed by atoms with Crippen LogP contribution >= 0.6 is 0 Å². The fourth-order valence-corrected chi connectivity index (χ4v) is 21.6. The van der Waals surface area contributed by atoms with E-state index in [0.29, 0.717) is 32.4 Å². The van der Waals surface area contributed by atoms with Gasteiger partial charge in [-0.1, -0.05) is 518 Å². The molecule has 2 rings (SSSR count). The fraction of sp³-hybridized carbons (Fsp3) is 0.963. The molecule has 0 aromatic rings. The molecule has 2 aliphatic rings. The molecule has 6 atom stereocenters. The van der Waals surface area contributed by atoms with Crippen LogP contribution in [0.1, 0.15) is 602 Å². The number of amides is 4. The van der Waals surface area contributed by atoms with Crippen LogP contribution in [0.5, 0.6) is 0 Å². The van der Waals surface area contributed by atoms with Crippen LogP contribution in [-0.2, 0) is 19.2 Å². The number of carbonyl (C=O) groups is 4. The van der Waals surface area contributed by atoms with E-state index in [0.717, 1.165) is 88.9 Å². The minimum atomic E-state index is -0.00694. The monoisotopic (exact) mass is 1610 g/mol. The molecule has 0 saturated heterocycles. The van der Waals surface area contributed by atoms with E-state index in [4.69, 9.17) is 0 Å². The van der Waals surface area contributed by atoms with Crippen LogP contribution in [0, 0.1) is 33.5 Å². The molecule has 0 aromatic carbocycles. The molecular formula is C107H208N4O4. The Morgan fingerprint density at radius 2 is 0.426 bits per heavy atom. The van der Waals surface area contributed by atoms with E-state index in [-0.39, 0.29) is 57.4 Å². The Morgan fingerprint density at radius 1 is 0.243 bits per heavy atom. The molecule has 0 radical (unpaired) electrons. The fourth-order valence-electron chi connectivity index (χ4n) is 21.6. The molecule has 0 spiro atoms. The summed E-state index contributed by atoms with van der Waals surface area (Å²) in [6.07, 6.45) is 111. The van der Waals surface area contributed by atoms with Crippen molar-refractivity contribution in [1.82, 2.24) is 21.3 Å². The normalized spacial score (nSPS) is 18.6. The average molecular weight is 1610 g/mol. The third kappa shape index (κ3) is 69.0. The minimum Gasteiger partial charge on any atom is -0.356 e. The standard InChI is InChI=1S/C107H208N4O4/c1-11-14-17-20-21-22-23-24-25-26-27-28-29-30-31-32-33-34-35-36-37-38-39-40-41-42-43-44-45-46-47-48-49-50-51-52-53-54-55-56-57-58-59-66-71-78-85-101(113)109-95-107(10)91-100(89-105(7,8)93-107)111-103(115)87-80-73-68-63-61-65-70-77-84-98(82-75-19-16-13-3)97(81-74-18-15-12-2)83-76-69-64-60-62-67-72-79-86-102(114)110-99-88-104(5,6)92-106(9,90-99)94-108-96(4)112/h97-100H,11-95H2,1-10H3,(H,108,112)(H,109,113)(H,110,114)(H,111,115). The van der Waals surface area contributed by atoms with Gasteiger partial charge in [-0.15, -0.1) is 0 Å². The molecule has 8 heteroatoms. The van der Waals surface area contributed by atoms with Crippen molar-refractivity contribution in [2.75, 3.05) is 13.1 Å². The number of carbonyl (C=O) groups excluding carboxylic acids is 4. The van der Waals surface area contributed by atoms with Crippen molar-refractivity contribution in [3.8, 4) is 0 Å². The topological polar surface area (TPSA) is 116 Å². The highest BCUT2D eigenvalue weighted by Crippen LogP contribution is 2.47. The molecule has 2 fully saturated rings. The smallest absolute Gasteiger partial charge is 0.220 e. The van der Waals surface area contributed by atoms with Crippen LogP contribution in [0.3, 0.4) is 0 Å². The number of hydrogen-bond donors (Lipinski definition) is 4. The summed E-state index contributed by atoms with van der Waals surface area (Å²) in [5.74, 6) is 2.46. The van der Waals surface area contributed by atoms with Crippen molar-refractivity contribution in [2.45, 2.75) is 614 Å². The van der Waals surface area contributed by atoms with Gasteiger partial charge in [0, 0.05) is 51.4 Å². The second kappa shape index (κ2) is 75.6. The van der Waals surface area contributed by atoms with Gasteiger partial charge in [-0.25, -0.2) is 0 Å².